The number of unbranched alkanes of at least 4 members (excludes halogenated alkanes) is 8. The third-order valence-electron chi connectivity index (χ3n) is 6.24. The molecule has 1 aliphatic rings. The SMILES string of the molecule is CCCCCCCC(=O)C=C[C@@H]1[C@@H](OC(=O)c2ccccc2Cl)CS[C@H]1CCCCCCC#N. The minimum Gasteiger partial charge on any atom is -0.457 e. The summed E-state index contributed by atoms with van der Waals surface area (Å²) in [5.41, 5.74) is 0.376. The number of carbonyl (C=O) groups is 2. The van der Waals surface area contributed by atoms with Crippen LogP contribution in [0, 0.1) is 17.2 Å². The third kappa shape index (κ3) is 10.2. The van der Waals surface area contributed by atoms with Crippen molar-refractivity contribution in [3.05, 3.63) is 47.0 Å². The first-order chi connectivity index (χ1) is 16.6. The molecule has 0 amide bonds. The predicted octanol–water partition coefficient (Wildman–Crippen LogP) is 7.95. The minimum absolute atomic E-state index is 0.0135. The van der Waals surface area contributed by atoms with Gasteiger partial charge in [0.25, 0.3) is 0 Å². The summed E-state index contributed by atoms with van der Waals surface area (Å²) in [5, 5.41) is 9.39. The van der Waals surface area contributed by atoms with Crippen molar-refractivity contribution in [2.24, 2.45) is 5.92 Å². The van der Waals surface area contributed by atoms with Crippen LogP contribution in [0.1, 0.15) is 94.3 Å². The van der Waals surface area contributed by atoms with Gasteiger partial charge in [0.05, 0.1) is 16.7 Å². The van der Waals surface area contributed by atoms with Gasteiger partial charge in [0, 0.05) is 29.8 Å². The molecule has 1 aliphatic heterocycles. The van der Waals surface area contributed by atoms with E-state index in [4.69, 9.17) is 21.6 Å². The molecular weight excluding hydrogens is 466 g/mol. The molecule has 6 heteroatoms. The van der Waals surface area contributed by atoms with Gasteiger partial charge in [-0.2, -0.15) is 17.0 Å². The van der Waals surface area contributed by atoms with Crippen LogP contribution in [-0.4, -0.2) is 28.9 Å². The Hall–Kier alpha value is -1.77. The fourth-order valence-electron chi connectivity index (χ4n) is 4.25. The molecule has 2 rings (SSSR count). The number of halogens is 1. The normalized spacial score (nSPS) is 19.9. The van der Waals surface area contributed by atoms with Crippen LogP contribution in [0.25, 0.3) is 0 Å². The monoisotopic (exact) mass is 503 g/mol. The molecule has 186 valence electrons. The number of esters is 1. The van der Waals surface area contributed by atoms with E-state index in [1.54, 1.807) is 30.3 Å². The van der Waals surface area contributed by atoms with Crippen molar-refractivity contribution in [2.45, 2.75) is 95.3 Å². The molecule has 0 bridgehead atoms. The lowest BCUT2D eigenvalue weighted by Crippen LogP contribution is -2.28. The number of benzene rings is 1. The molecule has 1 heterocycles. The summed E-state index contributed by atoms with van der Waals surface area (Å²) in [6, 6.07) is 9.13. The Kier molecular flexibility index (Phi) is 14.1. The number of ether oxygens (including phenoxy) is 1. The maximum Gasteiger partial charge on any atom is 0.339 e. The highest BCUT2D eigenvalue weighted by Gasteiger charge is 2.37. The molecule has 1 aromatic rings. The van der Waals surface area contributed by atoms with E-state index in [2.05, 4.69) is 13.0 Å². The first kappa shape index (κ1) is 28.5. The number of rotatable bonds is 16. The van der Waals surface area contributed by atoms with E-state index in [1.807, 2.05) is 17.8 Å². The van der Waals surface area contributed by atoms with Gasteiger partial charge in [-0.25, -0.2) is 4.79 Å². The molecule has 0 saturated carbocycles. The minimum atomic E-state index is -0.408. The molecule has 0 unspecified atom stereocenters. The third-order valence-corrected chi connectivity index (χ3v) is 8.07. The summed E-state index contributed by atoms with van der Waals surface area (Å²) < 4.78 is 5.90. The van der Waals surface area contributed by atoms with Gasteiger partial charge in [-0.1, -0.05) is 81.7 Å². The summed E-state index contributed by atoms with van der Waals surface area (Å²) >= 11 is 8.01. The Bertz CT molecular complexity index is 835. The summed E-state index contributed by atoms with van der Waals surface area (Å²) in [4.78, 5) is 25.2. The van der Waals surface area contributed by atoms with E-state index in [0.717, 1.165) is 50.7 Å². The van der Waals surface area contributed by atoms with Crippen LogP contribution < -0.4 is 0 Å². The highest BCUT2D eigenvalue weighted by Crippen LogP contribution is 2.39. The lowest BCUT2D eigenvalue weighted by atomic mass is 9.94. The summed E-state index contributed by atoms with van der Waals surface area (Å²) in [7, 11) is 0. The van der Waals surface area contributed by atoms with Gasteiger partial charge in [0.15, 0.2) is 5.78 Å². The molecule has 1 fully saturated rings. The van der Waals surface area contributed by atoms with Crippen LogP contribution in [0.3, 0.4) is 0 Å². The molecule has 34 heavy (non-hydrogen) atoms. The number of allylic oxidation sites excluding steroid dienone is 1. The maximum absolute atomic E-state index is 12.8. The fraction of sp³-hybridized carbons (Fsp3) is 0.607. The fourth-order valence-corrected chi connectivity index (χ4v) is 6.01. The maximum atomic E-state index is 12.8. The predicted molar refractivity (Wildman–Crippen MR) is 141 cm³/mol. The van der Waals surface area contributed by atoms with E-state index in [-0.39, 0.29) is 17.8 Å². The molecular formula is C28H38ClNO3S. The molecule has 0 N–H and O–H groups in total. The van der Waals surface area contributed by atoms with Crippen LogP contribution in [0.5, 0.6) is 0 Å². The van der Waals surface area contributed by atoms with E-state index in [1.165, 1.54) is 19.3 Å². The van der Waals surface area contributed by atoms with Crippen molar-refractivity contribution in [1.82, 2.24) is 0 Å². The van der Waals surface area contributed by atoms with Gasteiger partial charge >= 0.3 is 5.97 Å². The zero-order valence-corrected chi connectivity index (χ0v) is 21.9. The average Bonchev–Trinajstić information content (AvgIpc) is 3.21. The number of hydrogen-bond acceptors (Lipinski definition) is 5. The summed E-state index contributed by atoms with van der Waals surface area (Å²) in [5.74, 6) is 0.476. The number of thioether (sulfide) groups is 1. The van der Waals surface area contributed by atoms with Gasteiger partial charge in [-0.15, -0.1) is 0 Å². The molecule has 4 nitrogen and oxygen atoms in total. The molecule has 0 aliphatic carbocycles. The lowest BCUT2D eigenvalue weighted by molar-refractivity contribution is -0.114. The van der Waals surface area contributed by atoms with E-state index in [0.29, 0.717) is 28.7 Å². The standard InChI is InChI=1S/C28H38ClNO3S/c1-2-3-4-6-9-14-22(31)18-19-24-26(33-28(32)23-15-11-12-16-25(23)29)21-34-27(24)17-10-7-5-8-13-20-30/h11-12,15-16,18-19,24,26-27H,2-10,13-14,17,21H2,1H3/t24-,26+,27+/m1/s1. The van der Waals surface area contributed by atoms with Gasteiger partial charge in [-0.05, 0) is 37.5 Å². The highest BCUT2D eigenvalue weighted by molar-refractivity contribution is 8.00. The molecule has 1 aromatic carbocycles. The molecule has 0 spiro atoms. The van der Waals surface area contributed by atoms with Gasteiger partial charge in [-0.3, -0.25) is 4.79 Å². The zero-order valence-electron chi connectivity index (χ0n) is 20.3. The summed E-state index contributed by atoms with van der Waals surface area (Å²) in [6.07, 6.45) is 15.4. The Morgan fingerprint density at radius 2 is 1.85 bits per heavy atom. The number of nitriles is 1. The van der Waals surface area contributed by atoms with Crippen LogP contribution in [0.4, 0.5) is 0 Å². The van der Waals surface area contributed by atoms with Gasteiger partial charge in [0.1, 0.15) is 6.10 Å². The Labute approximate surface area is 214 Å². The Morgan fingerprint density at radius 3 is 2.62 bits per heavy atom. The molecule has 3 atom stereocenters. The topological polar surface area (TPSA) is 67.2 Å². The second-order valence-electron chi connectivity index (χ2n) is 8.97. The smallest absolute Gasteiger partial charge is 0.339 e. The van der Waals surface area contributed by atoms with Gasteiger partial charge in [0.2, 0.25) is 0 Å². The highest BCUT2D eigenvalue weighted by atomic mass is 35.5. The van der Waals surface area contributed by atoms with Crippen LogP contribution in [0.15, 0.2) is 36.4 Å². The summed E-state index contributed by atoms with van der Waals surface area (Å²) in [6.45, 7) is 2.19. The van der Waals surface area contributed by atoms with E-state index in [9.17, 15) is 9.59 Å². The lowest BCUT2D eigenvalue weighted by Gasteiger charge is -2.21. The van der Waals surface area contributed by atoms with Crippen molar-refractivity contribution in [3.63, 3.8) is 0 Å². The molecule has 1 saturated heterocycles. The Morgan fingerprint density at radius 1 is 1.12 bits per heavy atom. The van der Waals surface area contributed by atoms with Crippen molar-refractivity contribution >= 4 is 35.1 Å². The van der Waals surface area contributed by atoms with Crippen molar-refractivity contribution in [3.8, 4) is 6.07 Å². The number of ketones is 1. The van der Waals surface area contributed by atoms with E-state index < -0.39 is 5.97 Å². The zero-order chi connectivity index (χ0) is 24.6. The first-order valence-electron chi connectivity index (χ1n) is 12.7. The van der Waals surface area contributed by atoms with Crippen molar-refractivity contribution in [1.29, 1.82) is 5.26 Å². The largest absolute Gasteiger partial charge is 0.457 e. The number of hydrogen-bond donors (Lipinski definition) is 0. The first-order valence-corrected chi connectivity index (χ1v) is 14.1. The average molecular weight is 504 g/mol. The van der Waals surface area contributed by atoms with Crippen LogP contribution in [-0.2, 0) is 9.53 Å². The van der Waals surface area contributed by atoms with Crippen molar-refractivity contribution in [2.75, 3.05) is 5.75 Å². The Balaban J connectivity index is 1.96. The second kappa shape index (κ2) is 16.8. The second-order valence-corrected chi connectivity index (χ2v) is 10.7. The molecule has 0 radical (unpaired) electrons. The van der Waals surface area contributed by atoms with E-state index >= 15 is 0 Å². The quantitative estimate of drug-likeness (QED) is 0.130. The van der Waals surface area contributed by atoms with Crippen LogP contribution in [0.2, 0.25) is 5.02 Å². The molecule has 0 aromatic heterocycles. The number of nitrogens with zero attached hydrogens (tertiary/aromatic N) is 1. The number of carbonyl (C=O) groups excluding carboxylic acids is 2. The van der Waals surface area contributed by atoms with Crippen molar-refractivity contribution < 1.29 is 14.3 Å². The van der Waals surface area contributed by atoms with Crippen LogP contribution >= 0.6 is 23.4 Å². The van der Waals surface area contributed by atoms with Gasteiger partial charge < -0.3 is 4.74 Å².